The number of amides is 1. The Morgan fingerprint density at radius 1 is 1.00 bits per heavy atom. The molecule has 30 heavy (non-hydrogen) atoms. The van der Waals surface area contributed by atoms with Gasteiger partial charge in [-0.15, -0.1) is 6.42 Å². The van der Waals surface area contributed by atoms with Crippen LogP contribution in [0, 0.1) is 6.04 Å². The number of nitrogens with zero attached hydrogens (tertiary/aromatic N) is 2. The van der Waals surface area contributed by atoms with E-state index in [2.05, 4.69) is 0 Å². The Labute approximate surface area is 187 Å². The fraction of sp³-hybridized carbons (Fsp3) is 0.250. The maximum atomic E-state index is 13.6. The Balaban J connectivity index is 0.00000256. The molecule has 0 spiro atoms. The monoisotopic (exact) mass is 422 g/mol. The summed E-state index contributed by atoms with van der Waals surface area (Å²) in [7, 11) is -1.62. The summed E-state index contributed by atoms with van der Waals surface area (Å²) in [6, 6.07) is 15.1. The number of hydrogen-bond donors (Lipinski definition) is 0. The van der Waals surface area contributed by atoms with Crippen LogP contribution in [0.2, 0.25) is 0 Å². The SMILES string of the molecule is COC(=O)[C-]1C[C@@H]2c3ccccc3N(S(=O)(=O)c3ccccc3)[C@@H]2N1C(=O)OC.[Li+]. The number of anilines is 1. The maximum absolute atomic E-state index is 13.6. The van der Waals surface area contributed by atoms with Gasteiger partial charge in [-0.05, 0) is 23.8 Å². The van der Waals surface area contributed by atoms with Crippen molar-refractivity contribution in [1.29, 1.82) is 0 Å². The van der Waals surface area contributed by atoms with Gasteiger partial charge in [0.25, 0.3) is 10.0 Å². The molecule has 0 unspecified atom stereocenters. The van der Waals surface area contributed by atoms with Crippen LogP contribution in [0.3, 0.4) is 0 Å². The van der Waals surface area contributed by atoms with E-state index >= 15 is 0 Å². The van der Waals surface area contributed by atoms with E-state index in [0.29, 0.717) is 5.69 Å². The number of fused-ring (bicyclic) bond motifs is 3. The molecule has 2 aromatic rings. The van der Waals surface area contributed by atoms with Gasteiger partial charge in [0.15, 0.2) is 5.97 Å². The number of hydrogen-bond acceptors (Lipinski definition) is 6. The molecule has 0 bridgehead atoms. The van der Waals surface area contributed by atoms with E-state index in [-0.39, 0.29) is 36.2 Å². The summed E-state index contributed by atoms with van der Waals surface area (Å²) >= 11 is 0. The summed E-state index contributed by atoms with van der Waals surface area (Å²) < 4.78 is 38.0. The average molecular weight is 422 g/mol. The molecule has 0 radical (unpaired) electrons. The molecule has 0 saturated carbocycles. The molecule has 8 nitrogen and oxygen atoms in total. The number of carbonyl (C=O) groups is 2. The molecular weight excluding hydrogens is 403 g/mol. The van der Waals surface area contributed by atoms with Crippen molar-refractivity contribution in [2.75, 3.05) is 18.5 Å². The Morgan fingerprint density at radius 2 is 1.63 bits per heavy atom. The van der Waals surface area contributed by atoms with Gasteiger partial charge in [0.2, 0.25) is 0 Å². The first kappa shape index (κ1) is 22.1. The quantitative estimate of drug-likeness (QED) is 0.376. The van der Waals surface area contributed by atoms with E-state index in [1.807, 2.05) is 6.07 Å². The zero-order chi connectivity index (χ0) is 20.8. The largest absolute Gasteiger partial charge is 1.00 e. The van der Waals surface area contributed by atoms with E-state index in [1.165, 1.54) is 30.7 Å². The van der Waals surface area contributed by atoms with Crippen molar-refractivity contribution >= 4 is 27.8 Å². The number of likely N-dealkylation sites (tertiary alicyclic amines) is 1. The Morgan fingerprint density at radius 3 is 2.27 bits per heavy atom. The molecule has 10 heteroatoms. The van der Waals surface area contributed by atoms with Crippen molar-refractivity contribution in [2.45, 2.75) is 23.4 Å². The number of rotatable bonds is 3. The second-order valence-electron chi connectivity index (χ2n) is 6.68. The molecule has 2 aliphatic rings. The van der Waals surface area contributed by atoms with Crippen LogP contribution in [0.15, 0.2) is 59.5 Å². The van der Waals surface area contributed by atoms with Gasteiger partial charge in [0, 0.05) is 5.92 Å². The summed E-state index contributed by atoms with van der Waals surface area (Å²) in [5.41, 5.74) is 1.22. The standard InChI is InChI=1S/C20H19N2O6S.Li/c1-27-19(23)17-12-15-14-10-6-7-11-16(14)22(18(15)21(17)20(24)28-2)29(25,26)13-8-4-3-5-9-13;/h3-11,15,18H,12H2,1-2H3;/q-1;+1/t15-,18+;/m1./s1. The van der Waals surface area contributed by atoms with Crippen molar-refractivity contribution < 1.29 is 46.3 Å². The molecule has 4 rings (SSSR count). The van der Waals surface area contributed by atoms with Crippen molar-refractivity contribution in [3.8, 4) is 0 Å². The van der Waals surface area contributed by atoms with Gasteiger partial charge < -0.3 is 14.4 Å². The summed E-state index contributed by atoms with van der Waals surface area (Å²) in [5.74, 6) is -1.11. The first-order valence-corrected chi connectivity index (χ1v) is 10.4. The van der Waals surface area contributed by atoms with Crippen LogP contribution in [0.25, 0.3) is 0 Å². The van der Waals surface area contributed by atoms with Gasteiger partial charge >= 0.3 is 25.0 Å². The maximum Gasteiger partial charge on any atom is 1.00 e. The summed E-state index contributed by atoms with van der Waals surface area (Å²) in [6.45, 7) is 0. The Hall–Kier alpha value is -2.60. The molecule has 2 atom stereocenters. The smallest absolute Gasteiger partial charge is 0.490 e. The van der Waals surface area contributed by atoms with Gasteiger partial charge in [0.1, 0.15) is 6.17 Å². The molecule has 0 N–H and O–H groups in total. The van der Waals surface area contributed by atoms with Gasteiger partial charge in [-0.25, -0.2) is 17.5 Å². The molecule has 0 aliphatic carbocycles. The van der Waals surface area contributed by atoms with Crippen LogP contribution in [0.1, 0.15) is 17.9 Å². The van der Waals surface area contributed by atoms with Gasteiger partial charge in [-0.2, -0.15) is 6.04 Å². The van der Waals surface area contributed by atoms with E-state index in [9.17, 15) is 18.0 Å². The minimum absolute atomic E-state index is 0. The third-order valence-corrected chi connectivity index (χ3v) is 7.03. The summed E-state index contributed by atoms with van der Waals surface area (Å²) in [5, 5.41) is 0. The van der Waals surface area contributed by atoms with Crippen LogP contribution >= 0.6 is 0 Å². The average Bonchev–Trinajstić information content (AvgIpc) is 3.28. The molecular formula is C20H19LiN2O6S. The van der Waals surface area contributed by atoms with E-state index in [0.717, 1.165) is 10.5 Å². The molecule has 152 valence electrons. The minimum Gasteiger partial charge on any atom is -0.490 e. The third-order valence-electron chi connectivity index (χ3n) is 5.23. The summed E-state index contributed by atoms with van der Waals surface area (Å²) in [4.78, 5) is 26.1. The number of carbonyl (C=O) groups excluding carboxylic acids is 2. The second-order valence-corrected chi connectivity index (χ2v) is 8.49. The van der Waals surface area contributed by atoms with E-state index < -0.39 is 34.2 Å². The van der Waals surface area contributed by atoms with Gasteiger partial charge in [0.05, 0.1) is 24.8 Å². The van der Waals surface area contributed by atoms with Crippen molar-refractivity contribution in [2.24, 2.45) is 0 Å². The van der Waals surface area contributed by atoms with Crippen LogP contribution in [-0.4, -0.2) is 45.8 Å². The fourth-order valence-electron chi connectivity index (χ4n) is 4.03. The Kier molecular flexibility index (Phi) is 6.08. The minimum atomic E-state index is -4.02. The van der Waals surface area contributed by atoms with Crippen LogP contribution < -0.4 is 23.2 Å². The molecule has 1 fully saturated rings. The van der Waals surface area contributed by atoms with Crippen molar-refractivity contribution in [3.63, 3.8) is 0 Å². The molecule has 1 amide bonds. The first-order chi connectivity index (χ1) is 13.9. The fourth-order valence-corrected chi connectivity index (χ4v) is 5.71. The number of benzene rings is 2. The number of ether oxygens (including phenoxy) is 2. The molecule has 0 aromatic heterocycles. The van der Waals surface area contributed by atoms with E-state index in [4.69, 9.17) is 9.47 Å². The molecule has 1 saturated heterocycles. The zero-order valence-electron chi connectivity index (χ0n) is 16.8. The zero-order valence-corrected chi connectivity index (χ0v) is 17.6. The van der Waals surface area contributed by atoms with Gasteiger partial charge in [-0.1, -0.05) is 36.4 Å². The number of methoxy groups -OCH3 is 2. The molecule has 2 aromatic carbocycles. The Bertz CT molecular complexity index is 1060. The van der Waals surface area contributed by atoms with Crippen LogP contribution in [0.5, 0.6) is 0 Å². The van der Waals surface area contributed by atoms with Gasteiger partial charge in [-0.3, -0.25) is 4.79 Å². The number of para-hydroxylation sites is 1. The molecule has 2 aliphatic heterocycles. The van der Waals surface area contributed by atoms with E-state index in [1.54, 1.807) is 36.4 Å². The third kappa shape index (κ3) is 3.23. The number of esters is 1. The van der Waals surface area contributed by atoms with Crippen molar-refractivity contribution in [3.05, 3.63) is 66.2 Å². The predicted octanol–water partition coefficient (Wildman–Crippen LogP) is -0.514. The van der Waals surface area contributed by atoms with Crippen LogP contribution in [-0.2, 0) is 24.3 Å². The first-order valence-electron chi connectivity index (χ1n) is 8.91. The second kappa shape index (κ2) is 8.26. The molecule has 2 heterocycles. The normalized spacial score (nSPS) is 19.6. The van der Waals surface area contributed by atoms with Crippen molar-refractivity contribution in [1.82, 2.24) is 4.90 Å². The predicted molar refractivity (Wildman–Crippen MR) is 103 cm³/mol. The topological polar surface area (TPSA) is 93.2 Å². The van der Waals surface area contributed by atoms with Crippen LogP contribution in [0.4, 0.5) is 10.5 Å². The number of sulfonamides is 1. The summed E-state index contributed by atoms with van der Waals surface area (Å²) in [6.07, 6.45) is -1.62.